The SMILES string of the molecule is COc1ccc(C)cc1CC1(CNC(C)(C)C)CCOC1. The third-order valence-electron chi connectivity index (χ3n) is 4.18. The zero-order chi connectivity index (χ0) is 15.5. The molecular weight excluding hydrogens is 262 g/mol. The quantitative estimate of drug-likeness (QED) is 0.902. The van der Waals surface area contributed by atoms with Crippen molar-refractivity contribution in [3.05, 3.63) is 29.3 Å². The van der Waals surface area contributed by atoms with Crippen molar-refractivity contribution in [2.75, 3.05) is 26.9 Å². The average molecular weight is 291 g/mol. The molecule has 3 nitrogen and oxygen atoms in total. The van der Waals surface area contributed by atoms with Gasteiger partial charge in [-0.25, -0.2) is 0 Å². The molecule has 0 radical (unpaired) electrons. The van der Waals surface area contributed by atoms with Crippen molar-refractivity contribution in [2.45, 2.75) is 46.1 Å². The summed E-state index contributed by atoms with van der Waals surface area (Å²) in [6, 6.07) is 6.43. The Morgan fingerprint density at radius 1 is 1.33 bits per heavy atom. The number of aryl methyl sites for hydroxylation is 1. The predicted octanol–water partition coefficient (Wildman–Crippen LogP) is 3.34. The smallest absolute Gasteiger partial charge is 0.122 e. The highest BCUT2D eigenvalue weighted by molar-refractivity contribution is 5.37. The van der Waals surface area contributed by atoms with Crippen LogP contribution < -0.4 is 10.1 Å². The van der Waals surface area contributed by atoms with Crippen LogP contribution in [-0.4, -0.2) is 32.4 Å². The van der Waals surface area contributed by atoms with E-state index in [2.05, 4.69) is 51.2 Å². The van der Waals surface area contributed by atoms with E-state index in [1.165, 1.54) is 11.1 Å². The highest BCUT2D eigenvalue weighted by atomic mass is 16.5. The van der Waals surface area contributed by atoms with Crippen LogP contribution in [0.3, 0.4) is 0 Å². The van der Waals surface area contributed by atoms with E-state index in [9.17, 15) is 0 Å². The van der Waals surface area contributed by atoms with Gasteiger partial charge in [0.15, 0.2) is 0 Å². The predicted molar refractivity (Wildman–Crippen MR) is 87.1 cm³/mol. The number of ether oxygens (including phenoxy) is 2. The van der Waals surface area contributed by atoms with Crippen LogP contribution in [0, 0.1) is 12.3 Å². The number of benzene rings is 1. The molecule has 1 saturated heterocycles. The van der Waals surface area contributed by atoms with Gasteiger partial charge in [-0.05, 0) is 52.2 Å². The lowest BCUT2D eigenvalue weighted by molar-refractivity contribution is 0.143. The first-order valence-electron chi connectivity index (χ1n) is 7.80. The third kappa shape index (κ3) is 4.45. The van der Waals surface area contributed by atoms with Gasteiger partial charge in [-0.15, -0.1) is 0 Å². The summed E-state index contributed by atoms with van der Waals surface area (Å²) in [6.07, 6.45) is 2.11. The van der Waals surface area contributed by atoms with Gasteiger partial charge in [-0.3, -0.25) is 0 Å². The minimum absolute atomic E-state index is 0.131. The van der Waals surface area contributed by atoms with Gasteiger partial charge in [0.2, 0.25) is 0 Å². The number of hydrogen-bond donors (Lipinski definition) is 1. The van der Waals surface area contributed by atoms with E-state index in [1.54, 1.807) is 7.11 Å². The molecule has 1 aliphatic heterocycles. The van der Waals surface area contributed by atoms with Gasteiger partial charge in [-0.1, -0.05) is 17.7 Å². The largest absolute Gasteiger partial charge is 0.496 e. The van der Waals surface area contributed by atoms with Crippen molar-refractivity contribution < 1.29 is 9.47 Å². The van der Waals surface area contributed by atoms with Gasteiger partial charge in [0, 0.05) is 24.1 Å². The molecule has 0 aromatic heterocycles. The van der Waals surface area contributed by atoms with Crippen LogP contribution in [0.2, 0.25) is 0 Å². The molecule has 0 aliphatic carbocycles. The van der Waals surface area contributed by atoms with Crippen LogP contribution in [0.4, 0.5) is 0 Å². The maximum absolute atomic E-state index is 5.72. The fraction of sp³-hybridized carbons (Fsp3) is 0.667. The Balaban J connectivity index is 2.18. The summed E-state index contributed by atoms with van der Waals surface area (Å²) < 4.78 is 11.3. The lowest BCUT2D eigenvalue weighted by atomic mass is 9.79. The topological polar surface area (TPSA) is 30.5 Å². The van der Waals surface area contributed by atoms with Crippen LogP contribution in [-0.2, 0) is 11.2 Å². The molecule has 0 saturated carbocycles. The normalized spacial score (nSPS) is 22.5. The number of rotatable bonds is 5. The van der Waals surface area contributed by atoms with Gasteiger partial charge >= 0.3 is 0 Å². The molecule has 21 heavy (non-hydrogen) atoms. The van der Waals surface area contributed by atoms with Crippen molar-refractivity contribution in [2.24, 2.45) is 5.41 Å². The van der Waals surface area contributed by atoms with Crippen LogP contribution in [0.15, 0.2) is 18.2 Å². The Morgan fingerprint density at radius 2 is 2.10 bits per heavy atom. The Kier molecular flexibility index (Phi) is 4.95. The van der Waals surface area contributed by atoms with Crippen molar-refractivity contribution in [3.8, 4) is 5.75 Å². The molecule has 1 N–H and O–H groups in total. The highest BCUT2D eigenvalue weighted by Crippen LogP contribution is 2.35. The van der Waals surface area contributed by atoms with Crippen LogP contribution in [0.25, 0.3) is 0 Å². The summed E-state index contributed by atoms with van der Waals surface area (Å²) in [5.74, 6) is 0.989. The van der Waals surface area contributed by atoms with Crippen molar-refractivity contribution in [1.29, 1.82) is 0 Å². The Hall–Kier alpha value is -1.06. The number of nitrogens with one attached hydrogen (secondary N) is 1. The minimum Gasteiger partial charge on any atom is -0.496 e. The first kappa shape index (κ1) is 16.3. The van der Waals surface area contributed by atoms with E-state index in [0.717, 1.165) is 38.3 Å². The highest BCUT2D eigenvalue weighted by Gasteiger charge is 2.36. The summed E-state index contributed by atoms with van der Waals surface area (Å²) in [5.41, 5.74) is 2.88. The van der Waals surface area contributed by atoms with Gasteiger partial charge in [0.25, 0.3) is 0 Å². The molecule has 0 spiro atoms. The van der Waals surface area contributed by atoms with Gasteiger partial charge in [-0.2, -0.15) is 0 Å². The second-order valence-corrected chi connectivity index (χ2v) is 7.40. The molecule has 2 rings (SSSR count). The summed E-state index contributed by atoms with van der Waals surface area (Å²) in [4.78, 5) is 0. The molecule has 1 heterocycles. The molecule has 1 aromatic rings. The van der Waals surface area contributed by atoms with E-state index in [0.29, 0.717) is 0 Å². The molecular formula is C18H29NO2. The average Bonchev–Trinajstić information content (AvgIpc) is 2.85. The Bertz CT molecular complexity index is 471. The third-order valence-corrected chi connectivity index (χ3v) is 4.18. The zero-order valence-electron chi connectivity index (χ0n) is 14.1. The van der Waals surface area contributed by atoms with Crippen molar-refractivity contribution in [3.63, 3.8) is 0 Å². The van der Waals surface area contributed by atoms with Gasteiger partial charge in [0.1, 0.15) is 5.75 Å². The fourth-order valence-corrected chi connectivity index (χ4v) is 2.89. The zero-order valence-corrected chi connectivity index (χ0v) is 14.1. The lowest BCUT2D eigenvalue weighted by Crippen LogP contribution is -2.45. The summed E-state index contributed by atoms with van der Waals surface area (Å²) in [6.45, 7) is 11.4. The molecule has 1 aliphatic rings. The Labute approximate surface area is 129 Å². The van der Waals surface area contributed by atoms with Crippen molar-refractivity contribution in [1.82, 2.24) is 5.32 Å². The van der Waals surface area contributed by atoms with Crippen LogP contribution in [0.5, 0.6) is 5.75 Å². The van der Waals surface area contributed by atoms with E-state index in [1.807, 2.05) is 0 Å². The number of methoxy groups -OCH3 is 1. The van der Waals surface area contributed by atoms with E-state index in [4.69, 9.17) is 9.47 Å². The minimum atomic E-state index is 0.131. The summed E-state index contributed by atoms with van der Waals surface area (Å²) in [7, 11) is 1.75. The van der Waals surface area contributed by atoms with Gasteiger partial charge in [0.05, 0.1) is 13.7 Å². The Morgan fingerprint density at radius 3 is 2.67 bits per heavy atom. The summed E-state index contributed by atoms with van der Waals surface area (Å²) in [5, 5.41) is 3.66. The van der Waals surface area contributed by atoms with E-state index < -0.39 is 0 Å². The van der Waals surface area contributed by atoms with E-state index in [-0.39, 0.29) is 11.0 Å². The second-order valence-electron chi connectivity index (χ2n) is 7.40. The van der Waals surface area contributed by atoms with Gasteiger partial charge < -0.3 is 14.8 Å². The van der Waals surface area contributed by atoms with Crippen LogP contribution >= 0.6 is 0 Å². The first-order chi connectivity index (χ1) is 9.84. The van der Waals surface area contributed by atoms with Crippen molar-refractivity contribution >= 4 is 0 Å². The molecule has 1 unspecified atom stereocenters. The molecule has 3 heteroatoms. The first-order valence-corrected chi connectivity index (χ1v) is 7.80. The van der Waals surface area contributed by atoms with Crippen LogP contribution in [0.1, 0.15) is 38.3 Å². The lowest BCUT2D eigenvalue weighted by Gasteiger charge is -2.33. The second kappa shape index (κ2) is 6.37. The molecule has 0 amide bonds. The fourth-order valence-electron chi connectivity index (χ4n) is 2.89. The maximum Gasteiger partial charge on any atom is 0.122 e. The summed E-state index contributed by atoms with van der Waals surface area (Å²) >= 11 is 0. The number of hydrogen-bond acceptors (Lipinski definition) is 3. The molecule has 0 bridgehead atoms. The molecule has 118 valence electrons. The molecule has 1 aromatic carbocycles. The molecule has 1 atom stereocenters. The monoisotopic (exact) mass is 291 g/mol. The molecule has 1 fully saturated rings. The maximum atomic E-state index is 5.72. The standard InChI is InChI=1S/C18H29NO2/c1-14-6-7-16(20-5)15(10-14)11-18(8-9-21-13-18)12-19-17(2,3)4/h6-7,10,19H,8-9,11-13H2,1-5H3. The van der Waals surface area contributed by atoms with E-state index >= 15 is 0 Å².